The summed E-state index contributed by atoms with van der Waals surface area (Å²) in [6.07, 6.45) is 8.20. The van der Waals surface area contributed by atoms with Crippen LogP contribution in [-0.4, -0.2) is 4.98 Å². The van der Waals surface area contributed by atoms with Crippen molar-refractivity contribution in [2.24, 2.45) is 11.7 Å². The molecular formula is C14H24N2S. The van der Waals surface area contributed by atoms with E-state index in [4.69, 9.17) is 10.7 Å². The third kappa shape index (κ3) is 3.29. The summed E-state index contributed by atoms with van der Waals surface area (Å²) in [5.41, 5.74) is 6.93. The second-order valence-electron chi connectivity index (χ2n) is 5.41. The minimum absolute atomic E-state index is 0.0800. The van der Waals surface area contributed by atoms with Gasteiger partial charge in [0.1, 0.15) is 0 Å². The van der Waals surface area contributed by atoms with Gasteiger partial charge in [0.05, 0.1) is 10.7 Å². The summed E-state index contributed by atoms with van der Waals surface area (Å²) in [6, 6.07) is 0.0800. The Balaban J connectivity index is 1.91. The van der Waals surface area contributed by atoms with Gasteiger partial charge in [-0.15, -0.1) is 11.3 Å². The molecule has 0 aromatic carbocycles. The molecular weight excluding hydrogens is 228 g/mol. The first-order valence-corrected chi connectivity index (χ1v) is 7.79. The molecule has 1 aliphatic carbocycles. The first-order chi connectivity index (χ1) is 8.20. The maximum atomic E-state index is 5.86. The lowest BCUT2D eigenvalue weighted by molar-refractivity contribution is 0.307. The molecule has 0 aliphatic heterocycles. The zero-order valence-corrected chi connectivity index (χ0v) is 11.8. The zero-order valence-electron chi connectivity index (χ0n) is 11.0. The summed E-state index contributed by atoms with van der Waals surface area (Å²) in [4.78, 5) is 4.70. The molecule has 96 valence electrons. The van der Waals surface area contributed by atoms with Gasteiger partial charge < -0.3 is 5.73 Å². The zero-order chi connectivity index (χ0) is 12.3. The van der Waals surface area contributed by atoms with Crippen LogP contribution in [0.3, 0.4) is 0 Å². The number of nitrogens with two attached hydrogens (primary N) is 1. The van der Waals surface area contributed by atoms with E-state index in [0.29, 0.717) is 5.92 Å². The molecule has 3 heteroatoms. The van der Waals surface area contributed by atoms with E-state index in [1.165, 1.54) is 43.5 Å². The van der Waals surface area contributed by atoms with Crippen molar-refractivity contribution in [1.82, 2.24) is 4.98 Å². The van der Waals surface area contributed by atoms with Crippen molar-refractivity contribution < 1.29 is 0 Å². The van der Waals surface area contributed by atoms with Crippen LogP contribution in [0.2, 0.25) is 0 Å². The van der Waals surface area contributed by atoms with Gasteiger partial charge in [-0.3, -0.25) is 0 Å². The molecule has 0 amide bonds. The topological polar surface area (TPSA) is 38.9 Å². The van der Waals surface area contributed by atoms with Crippen LogP contribution >= 0.6 is 11.3 Å². The molecule has 0 spiro atoms. The van der Waals surface area contributed by atoms with Crippen molar-refractivity contribution in [3.63, 3.8) is 0 Å². The Morgan fingerprint density at radius 3 is 2.65 bits per heavy atom. The largest absolute Gasteiger partial charge is 0.323 e. The van der Waals surface area contributed by atoms with Crippen molar-refractivity contribution in [3.8, 4) is 0 Å². The highest BCUT2D eigenvalue weighted by molar-refractivity contribution is 7.09. The van der Waals surface area contributed by atoms with Crippen LogP contribution in [0.1, 0.15) is 75.0 Å². The number of nitrogens with zero attached hydrogens (tertiary/aromatic N) is 1. The second-order valence-corrected chi connectivity index (χ2v) is 6.30. The summed E-state index contributed by atoms with van der Waals surface area (Å²) in [7, 11) is 0. The van der Waals surface area contributed by atoms with Crippen LogP contribution in [0.25, 0.3) is 0 Å². The molecule has 1 heterocycles. The number of aromatic nitrogens is 1. The molecule has 0 bridgehead atoms. The van der Waals surface area contributed by atoms with Crippen molar-refractivity contribution in [3.05, 3.63) is 16.1 Å². The van der Waals surface area contributed by atoms with Gasteiger partial charge in [-0.05, 0) is 38.5 Å². The Kier molecular flexibility index (Phi) is 4.57. The molecule has 1 aromatic rings. The molecule has 17 heavy (non-hydrogen) atoms. The lowest BCUT2D eigenvalue weighted by atomic mass is 9.80. The predicted octanol–water partition coefficient (Wildman–Crippen LogP) is 4.24. The highest BCUT2D eigenvalue weighted by Crippen LogP contribution is 2.38. The molecule has 2 nitrogen and oxygen atoms in total. The third-order valence-electron chi connectivity index (χ3n) is 3.90. The quantitative estimate of drug-likeness (QED) is 0.870. The molecule has 2 N–H and O–H groups in total. The fourth-order valence-corrected chi connectivity index (χ4v) is 3.90. The second kappa shape index (κ2) is 5.96. The van der Waals surface area contributed by atoms with Crippen molar-refractivity contribution in [2.75, 3.05) is 0 Å². The number of thiazole rings is 1. The Labute approximate surface area is 109 Å². The average molecular weight is 252 g/mol. The van der Waals surface area contributed by atoms with Gasteiger partial charge in [0, 0.05) is 17.3 Å². The molecule has 1 aromatic heterocycles. The van der Waals surface area contributed by atoms with Crippen LogP contribution in [-0.2, 0) is 0 Å². The van der Waals surface area contributed by atoms with E-state index in [1.54, 1.807) is 0 Å². The van der Waals surface area contributed by atoms with E-state index >= 15 is 0 Å². The van der Waals surface area contributed by atoms with Crippen LogP contribution in [0.4, 0.5) is 0 Å². The Bertz CT molecular complexity index is 338. The highest BCUT2D eigenvalue weighted by Gasteiger charge is 2.24. The summed E-state index contributed by atoms with van der Waals surface area (Å²) in [5, 5.41) is 3.46. The molecule has 1 saturated carbocycles. The maximum Gasteiger partial charge on any atom is 0.0959 e. The van der Waals surface area contributed by atoms with E-state index in [2.05, 4.69) is 12.3 Å². The van der Waals surface area contributed by atoms with Gasteiger partial charge in [-0.1, -0.05) is 19.8 Å². The molecule has 1 atom stereocenters. The minimum atomic E-state index is 0.0800. The maximum absolute atomic E-state index is 5.86. The fourth-order valence-electron chi connectivity index (χ4n) is 2.80. The van der Waals surface area contributed by atoms with Crippen LogP contribution in [0.5, 0.6) is 0 Å². The van der Waals surface area contributed by atoms with Crippen LogP contribution < -0.4 is 5.73 Å². The van der Waals surface area contributed by atoms with E-state index in [-0.39, 0.29) is 6.04 Å². The smallest absolute Gasteiger partial charge is 0.0959 e. The Hall–Kier alpha value is -0.410. The summed E-state index contributed by atoms with van der Waals surface area (Å²) in [6.45, 7) is 4.30. The van der Waals surface area contributed by atoms with Gasteiger partial charge in [-0.25, -0.2) is 4.98 Å². The Morgan fingerprint density at radius 2 is 2.12 bits per heavy atom. The number of hydrogen-bond acceptors (Lipinski definition) is 3. The number of hydrogen-bond donors (Lipinski definition) is 1. The molecule has 0 saturated heterocycles. The molecule has 1 unspecified atom stereocenters. The first kappa shape index (κ1) is 13.0. The fraction of sp³-hybridized carbons (Fsp3) is 0.786. The molecule has 2 rings (SSSR count). The van der Waals surface area contributed by atoms with Gasteiger partial charge in [0.25, 0.3) is 0 Å². The van der Waals surface area contributed by atoms with Crippen molar-refractivity contribution in [1.29, 1.82) is 0 Å². The van der Waals surface area contributed by atoms with Gasteiger partial charge in [0.2, 0.25) is 0 Å². The monoisotopic (exact) mass is 252 g/mol. The highest BCUT2D eigenvalue weighted by atomic mass is 32.1. The standard InChI is InChI=1S/C14H24N2S/c1-3-4-11-5-7-12(8-6-11)14-16-13(9-17-14)10(2)15/h9-12H,3-8,15H2,1-2H3. The van der Waals surface area contributed by atoms with Crippen molar-refractivity contribution in [2.45, 2.75) is 64.3 Å². The third-order valence-corrected chi connectivity index (χ3v) is 4.92. The normalized spacial score (nSPS) is 27.0. The minimum Gasteiger partial charge on any atom is -0.323 e. The number of rotatable bonds is 4. The van der Waals surface area contributed by atoms with Gasteiger partial charge in [0.15, 0.2) is 0 Å². The van der Waals surface area contributed by atoms with E-state index in [0.717, 1.165) is 11.6 Å². The lowest BCUT2D eigenvalue weighted by Crippen LogP contribution is -2.13. The van der Waals surface area contributed by atoms with Crippen molar-refractivity contribution >= 4 is 11.3 Å². The molecule has 1 fully saturated rings. The summed E-state index contributed by atoms with van der Waals surface area (Å²) < 4.78 is 0. The SMILES string of the molecule is CCCC1CCC(c2nc(C(C)N)cs2)CC1. The summed E-state index contributed by atoms with van der Waals surface area (Å²) in [5.74, 6) is 1.68. The van der Waals surface area contributed by atoms with Gasteiger partial charge >= 0.3 is 0 Å². The molecule has 0 radical (unpaired) electrons. The van der Waals surface area contributed by atoms with Crippen LogP contribution in [0, 0.1) is 5.92 Å². The van der Waals surface area contributed by atoms with Crippen LogP contribution in [0.15, 0.2) is 5.38 Å². The van der Waals surface area contributed by atoms with Gasteiger partial charge in [-0.2, -0.15) is 0 Å². The predicted molar refractivity (Wildman–Crippen MR) is 74.3 cm³/mol. The van der Waals surface area contributed by atoms with E-state index < -0.39 is 0 Å². The average Bonchev–Trinajstić information content (AvgIpc) is 2.80. The van der Waals surface area contributed by atoms with E-state index in [1.807, 2.05) is 18.3 Å². The molecule has 1 aliphatic rings. The first-order valence-electron chi connectivity index (χ1n) is 6.91. The Morgan fingerprint density at radius 1 is 1.41 bits per heavy atom. The lowest BCUT2D eigenvalue weighted by Gasteiger charge is -2.27. The summed E-state index contributed by atoms with van der Waals surface area (Å²) >= 11 is 1.81. The van der Waals surface area contributed by atoms with E-state index in [9.17, 15) is 0 Å².